The van der Waals surface area contributed by atoms with Gasteiger partial charge in [0.15, 0.2) is 5.17 Å². The van der Waals surface area contributed by atoms with Gasteiger partial charge in [-0.3, -0.25) is 9.79 Å². The number of aliphatic imine (C=N–C) groups is 1. The molecule has 96 valence electrons. The Morgan fingerprint density at radius 1 is 1.56 bits per heavy atom. The Balaban J connectivity index is 1.78. The van der Waals surface area contributed by atoms with Gasteiger partial charge in [-0.05, 0) is 30.7 Å². The van der Waals surface area contributed by atoms with Gasteiger partial charge in [-0.15, -0.1) is 11.3 Å². The first-order valence-corrected chi connectivity index (χ1v) is 8.18. The van der Waals surface area contributed by atoms with Gasteiger partial charge in [0, 0.05) is 16.0 Å². The van der Waals surface area contributed by atoms with E-state index in [1.165, 1.54) is 16.9 Å². The monoisotopic (exact) mass is 280 g/mol. The zero-order chi connectivity index (χ0) is 12.5. The fourth-order valence-corrected chi connectivity index (χ4v) is 4.41. The Kier molecular flexibility index (Phi) is 3.43. The lowest BCUT2D eigenvalue weighted by molar-refractivity contribution is 0.0977. The molecule has 3 nitrogen and oxygen atoms in total. The first-order chi connectivity index (χ1) is 8.74. The average Bonchev–Trinajstić information content (AvgIpc) is 2.97. The molecule has 0 fully saturated rings. The second-order valence-electron chi connectivity index (χ2n) is 4.89. The molecule has 1 amide bonds. The van der Waals surface area contributed by atoms with Crippen LogP contribution in [0.4, 0.5) is 0 Å². The molecule has 0 saturated carbocycles. The summed E-state index contributed by atoms with van der Waals surface area (Å²) in [6.07, 6.45) is 3.37. The Labute approximate surface area is 115 Å². The van der Waals surface area contributed by atoms with Gasteiger partial charge in [0.1, 0.15) is 0 Å². The van der Waals surface area contributed by atoms with E-state index in [9.17, 15) is 4.79 Å². The van der Waals surface area contributed by atoms with E-state index in [1.54, 1.807) is 23.1 Å². The normalized spacial score (nSPS) is 22.5. The largest absolute Gasteiger partial charge is 0.301 e. The van der Waals surface area contributed by atoms with Crippen molar-refractivity contribution in [3.63, 3.8) is 0 Å². The number of hydrogen-bond donors (Lipinski definition) is 1. The van der Waals surface area contributed by atoms with E-state index in [-0.39, 0.29) is 5.91 Å². The van der Waals surface area contributed by atoms with Crippen LogP contribution >= 0.6 is 23.1 Å². The number of thiophene rings is 1. The number of nitrogens with one attached hydrogen (secondary N) is 1. The van der Waals surface area contributed by atoms with Gasteiger partial charge in [0.05, 0.1) is 12.1 Å². The standard InChI is InChI=1S/C13H16N2OS2/c1-8-2-3-9-10(7-18-11(9)6-8)12(16)15-13-14-4-5-17-13/h7-8H,2-6H2,1H3,(H,14,15,16)/t8-/m0/s1. The number of amidine groups is 1. The zero-order valence-corrected chi connectivity index (χ0v) is 12.0. The van der Waals surface area contributed by atoms with Crippen molar-refractivity contribution in [1.29, 1.82) is 0 Å². The molecular weight excluding hydrogens is 264 g/mol. The summed E-state index contributed by atoms with van der Waals surface area (Å²) in [4.78, 5) is 17.9. The van der Waals surface area contributed by atoms with Crippen LogP contribution in [0, 0.1) is 5.92 Å². The zero-order valence-electron chi connectivity index (χ0n) is 10.4. The molecule has 0 aromatic carbocycles. The molecule has 3 rings (SSSR count). The lowest BCUT2D eigenvalue weighted by atomic mass is 9.88. The van der Waals surface area contributed by atoms with Gasteiger partial charge in [0.2, 0.25) is 0 Å². The van der Waals surface area contributed by atoms with Crippen LogP contribution in [0.1, 0.15) is 34.1 Å². The number of thioether (sulfide) groups is 1. The van der Waals surface area contributed by atoms with Crippen LogP contribution < -0.4 is 5.32 Å². The average molecular weight is 280 g/mol. The number of rotatable bonds is 1. The molecule has 0 spiro atoms. The first kappa shape index (κ1) is 12.2. The third-order valence-corrected chi connectivity index (χ3v) is 5.39. The Morgan fingerprint density at radius 2 is 2.44 bits per heavy atom. The molecule has 1 N–H and O–H groups in total. The number of carbonyl (C=O) groups excluding carboxylic acids is 1. The molecule has 2 heterocycles. The highest BCUT2D eigenvalue weighted by Crippen LogP contribution is 2.32. The van der Waals surface area contributed by atoms with Crippen molar-refractivity contribution >= 4 is 34.2 Å². The van der Waals surface area contributed by atoms with E-state index in [4.69, 9.17) is 0 Å². The molecule has 0 bridgehead atoms. The van der Waals surface area contributed by atoms with Gasteiger partial charge < -0.3 is 5.32 Å². The van der Waals surface area contributed by atoms with Crippen molar-refractivity contribution in [2.45, 2.75) is 26.2 Å². The van der Waals surface area contributed by atoms with Crippen LogP contribution in [0.5, 0.6) is 0 Å². The first-order valence-electron chi connectivity index (χ1n) is 6.32. The molecule has 1 atom stereocenters. The van der Waals surface area contributed by atoms with Crippen molar-refractivity contribution in [2.24, 2.45) is 10.9 Å². The fraction of sp³-hybridized carbons (Fsp3) is 0.538. The summed E-state index contributed by atoms with van der Waals surface area (Å²) in [7, 11) is 0. The Hall–Kier alpha value is -0.810. The van der Waals surface area contributed by atoms with Gasteiger partial charge in [-0.25, -0.2) is 0 Å². The van der Waals surface area contributed by atoms with Crippen LogP contribution in [0.15, 0.2) is 10.4 Å². The molecule has 0 saturated heterocycles. The molecule has 1 aliphatic carbocycles. The van der Waals surface area contributed by atoms with Crippen molar-refractivity contribution < 1.29 is 4.79 Å². The maximum atomic E-state index is 12.2. The molecule has 18 heavy (non-hydrogen) atoms. The van der Waals surface area contributed by atoms with Gasteiger partial charge in [-0.1, -0.05) is 18.7 Å². The lowest BCUT2D eigenvalue weighted by Gasteiger charge is -2.18. The van der Waals surface area contributed by atoms with E-state index < -0.39 is 0 Å². The van der Waals surface area contributed by atoms with E-state index in [0.29, 0.717) is 0 Å². The lowest BCUT2D eigenvalue weighted by Crippen LogP contribution is -2.28. The number of amides is 1. The van der Waals surface area contributed by atoms with Crippen molar-refractivity contribution in [1.82, 2.24) is 5.32 Å². The highest BCUT2D eigenvalue weighted by Gasteiger charge is 2.24. The highest BCUT2D eigenvalue weighted by atomic mass is 32.2. The van der Waals surface area contributed by atoms with Gasteiger partial charge >= 0.3 is 0 Å². The van der Waals surface area contributed by atoms with Crippen LogP contribution in [0.25, 0.3) is 0 Å². The summed E-state index contributed by atoms with van der Waals surface area (Å²) < 4.78 is 0. The summed E-state index contributed by atoms with van der Waals surface area (Å²) in [6, 6.07) is 0. The predicted octanol–water partition coefficient (Wildman–Crippen LogP) is 2.71. The smallest absolute Gasteiger partial charge is 0.258 e. The van der Waals surface area contributed by atoms with Crippen LogP contribution in [0.3, 0.4) is 0 Å². The van der Waals surface area contributed by atoms with E-state index in [0.717, 1.165) is 41.8 Å². The highest BCUT2D eigenvalue weighted by molar-refractivity contribution is 8.14. The Morgan fingerprint density at radius 3 is 3.22 bits per heavy atom. The summed E-state index contributed by atoms with van der Waals surface area (Å²) in [5, 5.41) is 5.72. The van der Waals surface area contributed by atoms with Crippen LogP contribution in [-0.2, 0) is 12.8 Å². The number of carbonyl (C=O) groups is 1. The molecule has 1 aliphatic heterocycles. The second-order valence-corrected chi connectivity index (χ2v) is 6.94. The minimum atomic E-state index is 0.0233. The van der Waals surface area contributed by atoms with Crippen LogP contribution in [-0.4, -0.2) is 23.4 Å². The second kappa shape index (κ2) is 5.05. The van der Waals surface area contributed by atoms with Crippen molar-refractivity contribution in [3.05, 3.63) is 21.4 Å². The van der Waals surface area contributed by atoms with E-state index in [1.807, 2.05) is 5.38 Å². The van der Waals surface area contributed by atoms with Crippen LogP contribution in [0.2, 0.25) is 0 Å². The summed E-state index contributed by atoms with van der Waals surface area (Å²) in [5.41, 5.74) is 2.15. The van der Waals surface area contributed by atoms with E-state index >= 15 is 0 Å². The molecule has 1 aromatic heterocycles. The third-order valence-electron chi connectivity index (χ3n) is 3.45. The van der Waals surface area contributed by atoms with Crippen molar-refractivity contribution in [2.75, 3.05) is 12.3 Å². The number of fused-ring (bicyclic) bond motifs is 1. The van der Waals surface area contributed by atoms with E-state index in [2.05, 4.69) is 17.2 Å². The fourth-order valence-electron chi connectivity index (χ4n) is 2.44. The molecule has 5 heteroatoms. The quantitative estimate of drug-likeness (QED) is 0.859. The number of hydrogen-bond acceptors (Lipinski definition) is 4. The summed E-state index contributed by atoms with van der Waals surface area (Å²) in [6.45, 7) is 3.10. The Bertz CT molecular complexity index is 507. The van der Waals surface area contributed by atoms with Crippen molar-refractivity contribution in [3.8, 4) is 0 Å². The molecule has 2 aliphatic rings. The van der Waals surface area contributed by atoms with Gasteiger partial charge in [0.25, 0.3) is 5.91 Å². The molecule has 0 unspecified atom stereocenters. The molecule has 0 radical (unpaired) electrons. The molecule has 1 aromatic rings. The minimum Gasteiger partial charge on any atom is -0.301 e. The maximum Gasteiger partial charge on any atom is 0.258 e. The molecular formula is C13H16N2OS2. The third kappa shape index (κ3) is 2.34. The number of nitrogens with zero attached hydrogens (tertiary/aromatic N) is 1. The maximum absolute atomic E-state index is 12.2. The van der Waals surface area contributed by atoms with Gasteiger partial charge in [-0.2, -0.15) is 0 Å². The topological polar surface area (TPSA) is 41.5 Å². The summed E-state index contributed by atoms with van der Waals surface area (Å²) in [5.74, 6) is 1.76. The SMILES string of the molecule is C[C@H]1CCc2c(C(=O)NC3=NCCS3)csc2C1. The minimum absolute atomic E-state index is 0.0233. The summed E-state index contributed by atoms with van der Waals surface area (Å²) >= 11 is 3.36. The predicted molar refractivity (Wildman–Crippen MR) is 77.7 cm³/mol.